The number of hydrogen-bond donors (Lipinski definition) is 1. The zero-order valence-electron chi connectivity index (χ0n) is 15.7. The van der Waals surface area contributed by atoms with Crippen molar-refractivity contribution >= 4 is 5.91 Å². The number of carbonyl (C=O) groups excluding carboxylic acids is 1. The number of carbonyl (C=O) groups is 1. The average Bonchev–Trinajstić information content (AvgIpc) is 3.23. The Labute approximate surface area is 156 Å². The van der Waals surface area contributed by atoms with Crippen LogP contribution in [-0.2, 0) is 6.42 Å². The van der Waals surface area contributed by atoms with E-state index in [0.29, 0.717) is 17.9 Å². The minimum Gasteiger partial charge on any atom is -0.496 e. The summed E-state index contributed by atoms with van der Waals surface area (Å²) >= 11 is 0. The summed E-state index contributed by atoms with van der Waals surface area (Å²) < 4.78 is 5.31. The number of aryl methyl sites for hydroxylation is 1. The Morgan fingerprint density at radius 2 is 1.81 bits per heavy atom. The van der Waals surface area contributed by atoms with Gasteiger partial charge < -0.3 is 10.1 Å². The van der Waals surface area contributed by atoms with E-state index in [2.05, 4.69) is 41.4 Å². The number of nitrogens with zero attached hydrogens (tertiary/aromatic N) is 1. The average molecular weight is 352 g/mol. The largest absolute Gasteiger partial charge is 0.496 e. The third kappa shape index (κ3) is 4.25. The highest BCUT2D eigenvalue weighted by atomic mass is 16.5. The van der Waals surface area contributed by atoms with Gasteiger partial charge in [-0.15, -0.1) is 0 Å². The van der Waals surface area contributed by atoms with Crippen molar-refractivity contribution in [3.63, 3.8) is 0 Å². The molecule has 1 fully saturated rings. The molecule has 0 aliphatic carbocycles. The molecule has 4 heteroatoms. The van der Waals surface area contributed by atoms with Gasteiger partial charge in [0.2, 0.25) is 0 Å². The Kier molecular flexibility index (Phi) is 6.29. The van der Waals surface area contributed by atoms with Gasteiger partial charge in [-0.1, -0.05) is 43.3 Å². The Hall–Kier alpha value is -2.33. The molecule has 138 valence electrons. The molecule has 4 nitrogen and oxygen atoms in total. The van der Waals surface area contributed by atoms with Crippen molar-refractivity contribution in [1.29, 1.82) is 0 Å². The molecular formula is C22H28N2O2. The van der Waals surface area contributed by atoms with Crippen LogP contribution in [-0.4, -0.2) is 37.6 Å². The Bertz CT molecular complexity index is 721. The van der Waals surface area contributed by atoms with Gasteiger partial charge in [0.05, 0.1) is 18.7 Å². The second-order valence-corrected chi connectivity index (χ2v) is 6.76. The predicted molar refractivity (Wildman–Crippen MR) is 105 cm³/mol. The zero-order chi connectivity index (χ0) is 18.4. The van der Waals surface area contributed by atoms with Gasteiger partial charge in [-0.2, -0.15) is 0 Å². The molecule has 2 aromatic rings. The van der Waals surface area contributed by atoms with Gasteiger partial charge in [0, 0.05) is 6.54 Å². The van der Waals surface area contributed by atoms with Gasteiger partial charge in [-0.05, 0) is 55.6 Å². The van der Waals surface area contributed by atoms with Crippen LogP contribution in [0.4, 0.5) is 0 Å². The molecule has 0 saturated carbocycles. The first kappa shape index (κ1) is 18.5. The van der Waals surface area contributed by atoms with Gasteiger partial charge in [-0.3, -0.25) is 9.69 Å². The zero-order valence-corrected chi connectivity index (χ0v) is 15.7. The van der Waals surface area contributed by atoms with E-state index >= 15 is 0 Å². The highest BCUT2D eigenvalue weighted by Gasteiger charge is 2.24. The summed E-state index contributed by atoms with van der Waals surface area (Å²) in [7, 11) is 1.59. The molecule has 1 aliphatic rings. The molecule has 1 aliphatic heterocycles. The lowest BCUT2D eigenvalue weighted by molar-refractivity contribution is 0.0935. The Morgan fingerprint density at radius 3 is 2.46 bits per heavy atom. The summed E-state index contributed by atoms with van der Waals surface area (Å²) in [6.45, 7) is 4.94. The number of amides is 1. The first-order valence-electron chi connectivity index (χ1n) is 9.47. The molecular weight excluding hydrogens is 324 g/mol. The smallest absolute Gasteiger partial charge is 0.255 e. The lowest BCUT2D eigenvalue weighted by atomic mass is 10.0. The molecule has 1 atom stereocenters. The van der Waals surface area contributed by atoms with Crippen LogP contribution in [0.1, 0.15) is 47.3 Å². The normalized spacial score (nSPS) is 15.6. The number of hydrogen-bond acceptors (Lipinski definition) is 3. The third-order valence-electron chi connectivity index (χ3n) is 5.16. The standard InChI is InChI=1S/C22H28N2O2/c1-3-17-10-12-18(13-11-17)20(24-14-6-7-15-24)16-23-22(25)19-8-4-5-9-21(19)26-2/h4-5,8-13,20H,3,6-7,14-16H2,1-2H3,(H,23,25). The van der Waals surface area contributed by atoms with E-state index in [0.717, 1.165) is 19.5 Å². The summed E-state index contributed by atoms with van der Waals surface area (Å²) in [5.41, 5.74) is 3.19. The van der Waals surface area contributed by atoms with E-state index in [-0.39, 0.29) is 11.9 Å². The van der Waals surface area contributed by atoms with E-state index in [1.807, 2.05) is 18.2 Å². The van der Waals surface area contributed by atoms with Crippen molar-refractivity contribution in [3.8, 4) is 5.75 Å². The molecule has 0 aromatic heterocycles. The lowest BCUT2D eigenvalue weighted by Crippen LogP contribution is -2.36. The van der Waals surface area contributed by atoms with Crippen molar-refractivity contribution in [3.05, 3.63) is 65.2 Å². The molecule has 2 aromatic carbocycles. The predicted octanol–water partition coefficient (Wildman–Crippen LogP) is 3.82. The van der Waals surface area contributed by atoms with Crippen LogP contribution >= 0.6 is 0 Å². The van der Waals surface area contributed by atoms with E-state index in [1.165, 1.54) is 24.0 Å². The SMILES string of the molecule is CCc1ccc(C(CNC(=O)c2ccccc2OC)N2CCCC2)cc1. The molecule has 1 unspecified atom stereocenters. The molecule has 26 heavy (non-hydrogen) atoms. The van der Waals surface area contributed by atoms with Crippen LogP contribution in [0.2, 0.25) is 0 Å². The molecule has 0 radical (unpaired) electrons. The number of ether oxygens (including phenoxy) is 1. The van der Waals surface area contributed by atoms with Crippen molar-refractivity contribution in [2.75, 3.05) is 26.7 Å². The summed E-state index contributed by atoms with van der Waals surface area (Å²) in [6.07, 6.45) is 3.49. The topological polar surface area (TPSA) is 41.6 Å². The van der Waals surface area contributed by atoms with Crippen LogP contribution in [0, 0.1) is 0 Å². The number of para-hydroxylation sites is 1. The highest BCUT2D eigenvalue weighted by Crippen LogP contribution is 2.25. The monoisotopic (exact) mass is 352 g/mol. The maximum atomic E-state index is 12.7. The van der Waals surface area contributed by atoms with Gasteiger partial charge in [-0.25, -0.2) is 0 Å². The maximum Gasteiger partial charge on any atom is 0.255 e. The van der Waals surface area contributed by atoms with Crippen LogP contribution in [0.5, 0.6) is 5.75 Å². The van der Waals surface area contributed by atoms with Gasteiger partial charge >= 0.3 is 0 Å². The quantitative estimate of drug-likeness (QED) is 0.823. The number of benzene rings is 2. The molecule has 1 saturated heterocycles. The van der Waals surface area contributed by atoms with E-state index in [1.54, 1.807) is 13.2 Å². The molecule has 1 N–H and O–H groups in total. The molecule has 3 rings (SSSR count). The number of rotatable bonds is 7. The second-order valence-electron chi connectivity index (χ2n) is 6.76. The minimum absolute atomic E-state index is 0.0863. The lowest BCUT2D eigenvalue weighted by Gasteiger charge is -2.28. The van der Waals surface area contributed by atoms with Crippen molar-refractivity contribution in [2.24, 2.45) is 0 Å². The summed E-state index contributed by atoms with van der Waals surface area (Å²) in [4.78, 5) is 15.1. The number of nitrogens with one attached hydrogen (secondary N) is 1. The Morgan fingerprint density at radius 1 is 1.12 bits per heavy atom. The van der Waals surface area contributed by atoms with Crippen molar-refractivity contribution in [2.45, 2.75) is 32.2 Å². The van der Waals surface area contributed by atoms with Crippen LogP contribution in [0.3, 0.4) is 0 Å². The van der Waals surface area contributed by atoms with Crippen molar-refractivity contribution in [1.82, 2.24) is 10.2 Å². The fourth-order valence-electron chi connectivity index (χ4n) is 3.60. The first-order valence-corrected chi connectivity index (χ1v) is 9.47. The van der Waals surface area contributed by atoms with Crippen LogP contribution < -0.4 is 10.1 Å². The molecule has 1 heterocycles. The van der Waals surface area contributed by atoms with E-state index in [4.69, 9.17) is 4.74 Å². The highest BCUT2D eigenvalue weighted by molar-refractivity contribution is 5.96. The third-order valence-corrected chi connectivity index (χ3v) is 5.16. The van der Waals surface area contributed by atoms with Crippen molar-refractivity contribution < 1.29 is 9.53 Å². The molecule has 1 amide bonds. The van der Waals surface area contributed by atoms with E-state index in [9.17, 15) is 4.79 Å². The first-order chi connectivity index (χ1) is 12.7. The van der Waals surface area contributed by atoms with Gasteiger partial charge in [0.15, 0.2) is 0 Å². The number of likely N-dealkylation sites (tertiary alicyclic amines) is 1. The maximum absolute atomic E-state index is 12.7. The Balaban J connectivity index is 1.74. The minimum atomic E-state index is -0.0863. The summed E-state index contributed by atoms with van der Waals surface area (Å²) in [5.74, 6) is 0.520. The summed E-state index contributed by atoms with van der Waals surface area (Å²) in [6, 6.07) is 16.4. The summed E-state index contributed by atoms with van der Waals surface area (Å²) in [5, 5.41) is 3.12. The molecule has 0 spiro atoms. The van der Waals surface area contributed by atoms with Gasteiger partial charge in [0.1, 0.15) is 5.75 Å². The van der Waals surface area contributed by atoms with Crippen LogP contribution in [0.15, 0.2) is 48.5 Å². The van der Waals surface area contributed by atoms with E-state index < -0.39 is 0 Å². The fourth-order valence-corrected chi connectivity index (χ4v) is 3.60. The fraction of sp³-hybridized carbons (Fsp3) is 0.409. The molecule has 0 bridgehead atoms. The van der Waals surface area contributed by atoms with Crippen LogP contribution in [0.25, 0.3) is 0 Å². The number of methoxy groups -OCH3 is 1. The second kappa shape index (κ2) is 8.86. The van der Waals surface area contributed by atoms with Gasteiger partial charge in [0.25, 0.3) is 5.91 Å².